The zero-order valence-corrected chi connectivity index (χ0v) is 16.0. The number of nitrogens with one attached hydrogen (secondary N) is 1. The van der Waals surface area contributed by atoms with Crippen molar-refractivity contribution in [3.63, 3.8) is 0 Å². The Kier molecular flexibility index (Phi) is 4.69. The van der Waals surface area contributed by atoms with E-state index in [0.717, 1.165) is 12.3 Å². The number of pyridine rings is 1. The second-order valence-electron chi connectivity index (χ2n) is 6.91. The molecule has 0 saturated carbocycles. The van der Waals surface area contributed by atoms with Crippen LogP contribution < -0.4 is 5.32 Å². The normalized spacial score (nSPS) is 13.1. The first-order chi connectivity index (χ1) is 14.2. The minimum absolute atomic E-state index is 0.107. The minimum atomic E-state index is -4.53. The number of carbonyl (C=O) groups is 1. The Balaban J connectivity index is 1.85. The number of aliphatic hydroxyl groups is 1. The van der Waals surface area contributed by atoms with E-state index in [-0.39, 0.29) is 12.5 Å². The second-order valence-corrected chi connectivity index (χ2v) is 6.91. The first-order valence-electron chi connectivity index (χ1n) is 9.00. The van der Waals surface area contributed by atoms with Crippen LogP contribution >= 0.6 is 0 Å². The Hall–Kier alpha value is -3.47. The molecule has 0 saturated heterocycles. The van der Waals surface area contributed by atoms with Crippen molar-refractivity contribution < 1.29 is 23.1 Å². The molecule has 30 heavy (non-hydrogen) atoms. The van der Waals surface area contributed by atoms with E-state index in [9.17, 15) is 23.1 Å². The van der Waals surface area contributed by atoms with Gasteiger partial charge in [-0.05, 0) is 37.3 Å². The van der Waals surface area contributed by atoms with Gasteiger partial charge in [-0.1, -0.05) is 5.21 Å². The summed E-state index contributed by atoms with van der Waals surface area (Å²) in [4.78, 5) is 15.9. The summed E-state index contributed by atoms with van der Waals surface area (Å²) in [6, 6.07) is 7.16. The standard InChI is InChI=1S/C19H17F3N6O2/c1-10(29)8-24-17(30)11-3-5-14-13(7-11)16-18(27(2)26-25-16)28(14)12-4-6-15(23-9-12)19(20,21)22/h3-7,9-10,29H,8H2,1-2H3,(H,24,30). The third-order valence-electron chi connectivity index (χ3n) is 4.62. The SMILES string of the molecule is CC(O)CNC(=O)c1ccc2c(c1)c1nnn(C)c1n2-c1ccc(C(F)(F)F)nc1. The molecule has 8 nitrogen and oxygen atoms in total. The number of rotatable bonds is 4. The van der Waals surface area contributed by atoms with E-state index < -0.39 is 18.0 Å². The number of hydrogen-bond acceptors (Lipinski definition) is 5. The molecule has 4 aromatic rings. The highest BCUT2D eigenvalue weighted by atomic mass is 19.4. The van der Waals surface area contributed by atoms with Gasteiger partial charge in [-0.2, -0.15) is 13.2 Å². The molecule has 0 aliphatic heterocycles. The number of aromatic nitrogens is 5. The number of carbonyl (C=O) groups excluding carboxylic acids is 1. The fourth-order valence-corrected chi connectivity index (χ4v) is 3.24. The van der Waals surface area contributed by atoms with Gasteiger partial charge < -0.3 is 10.4 Å². The Morgan fingerprint density at radius 1 is 1.27 bits per heavy atom. The second kappa shape index (κ2) is 7.10. The summed E-state index contributed by atoms with van der Waals surface area (Å²) in [6.45, 7) is 1.67. The van der Waals surface area contributed by atoms with Gasteiger partial charge in [0.2, 0.25) is 0 Å². The number of aliphatic hydroxyl groups excluding tert-OH is 1. The van der Waals surface area contributed by atoms with Gasteiger partial charge in [0.15, 0.2) is 5.65 Å². The average Bonchev–Trinajstić information content (AvgIpc) is 3.23. The van der Waals surface area contributed by atoms with E-state index >= 15 is 0 Å². The molecular weight excluding hydrogens is 401 g/mol. The molecule has 3 heterocycles. The van der Waals surface area contributed by atoms with E-state index in [0.29, 0.717) is 33.3 Å². The Bertz CT molecular complexity index is 1240. The van der Waals surface area contributed by atoms with Crippen molar-refractivity contribution in [1.29, 1.82) is 0 Å². The average molecular weight is 418 g/mol. The Morgan fingerprint density at radius 3 is 2.67 bits per heavy atom. The van der Waals surface area contributed by atoms with Crippen LogP contribution in [0.25, 0.3) is 27.8 Å². The maximum atomic E-state index is 12.9. The van der Waals surface area contributed by atoms with Crippen LogP contribution in [0.15, 0.2) is 36.5 Å². The minimum Gasteiger partial charge on any atom is -0.392 e. The third-order valence-corrected chi connectivity index (χ3v) is 4.62. The van der Waals surface area contributed by atoms with Crippen molar-refractivity contribution in [3.8, 4) is 5.69 Å². The molecule has 0 fully saturated rings. The highest BCUT2D eigenvalue weighted by molar-refractivity contribution is 6.09. The van der Waals surface area contributed by atoms with Gasteiger partial charge >= 0.3 is 6.18 Å². The predicted molar refractivity (Wildman–Crippen MR) is 102 cm³/mol. The molecule has 4 rings (SSSR count). The van der Waals surface area contributed by atoms with Crippen LogP contribution in [-0.4, -0.2) is 48.2 Å². The van der Waals surface area contributed by atoms with Crippen molar-refractivity contribution in [2.45, 2.75) is 19.2 Å². The number of halogens is 3. The molecule has 1 aromatic carbocycles. The van der Waals surface area contributed by atoms with Crippen LogP contribution in [0.4, 0.5) is 13.2 Å². The molecule has 3 aromatic heterocycles. The van der Waals surface area contributed by atoms with Crippen LogP contribution in [0.1, 0.15) is 23.0 Å². The molecular formula is C19H17F3N6O2. The molecule has 0 aliphatic rings. The molecule has 1 atom stereocenters. The van der Waals surface area contributed by atoms with Crippen LogP contribution in [0, 0.1) is 0 Å². The van der Waals surface area contributed by atoms with Gasteiger partial charge in [-0.25, -0.2) is 9.67 Å². The largest absolute Gasteiger partial charge is 0.433 e. The number of nitrogens with zero attached hydrogens (tertiary/aromatic N) is 5. The van der Waals surface area contributed by atoms with Crippen molar-refractivity contribution in [1.82, 2.24) is 29.9 Å². The van der Waals surface area contributed by atoms with Crippen molar-refractivity contribution in [3.05, 3.63) is 47.8 Å². The van der Waals surface area contributed by atoms with E-state index in [2.05, 4.69) is 20.6 Å². The Morgan fingerprint density at radius 2 is 2.03 bits per heavy atom. The summed E-state index contributed by atoms with van der Waals surface area (Å²) in [5.41, 5.74) is 1.46. The van der Waals surface area contributed by atoms with Gasteiger partial charge in [-0.3, -0.25) is 9.36 Å². The molecule has 0 spiro atoms. The fourth-order valence-electron chi connectivity index (χ4n) is 3.24. The van der Waals surface area contributed by atoms with Gasteiger partial charge in [0.05, 0.1) is 23.5 Å². The molecule has 1 unspecified atom stereocenters. The van der Waals surface area contributed by atoms with E-state index in [1.165, 1.54) is 10.7 Å². The predicted octanol–water partition coefficient (Wildman–Crippen LogP) is 2.44. The highest BCUT2D eigenvalue weighted by Crippen LogP contribution is 2.32. The van der Waals surface area contributed by atoms with Gasteiger partial charge in [0.1, 0.15) is 11.2 Å². The van der Waals surface area contributed by atoms with Crippen LogP contribution in [0.5, 0.6) is 0 Å². The lowest BCUT2D eigenvalue weighted by atomic mass is 10.1. The van der Waals surface area contributed by atoms with Crippen molar-refractivity contribution >= 4 is 28.0 Å². The number of aryl methyl sites for hydroxylation is 1. The first kappa shape index (κ1) is 19.8. The zero-order valence-electron chi connectivity index (χ0n) is 16.0. The smallest absolute Gasteiger partial charge is 0.392 e. The van der Waals surface area contributed by atoms with Gasteiger partial charge in [0, 0.05) is 24.5 Å². The van der Waals surface area contributed by atoms with Crippen molar-refractivity contribution in [2.75, 3.05) is 6.54 Å². The highest BCUT2D eigenvalue weighted by Gasteiger charge is 2.32. The lowest BCUT2D eigenvalue weighted by Gasteiger charge is -2.10. The summed E-state index contributed by atoms with van der Waals surface area (Å²) in [5, 5.41) is 20.7. The van der Waals surface area contributed by atoms with E-state index in [4.69, 9.17) is 0 Å². The molecule has 156 valence electrons. The molecule has 0 radical (unpaired) electrons. The fraction of sp³-hybridized carbons (Fsp3) is 0.263. The summed E-state index contributed by atoms with van der Waals surface area (Å²) in [6.07, 6.45) is -4.08. The van der Waals surface area contributed by atoms with E-state index in [1.54, 1.807) is 36.7 Å². The third kappa shape index (κ3) is 3.36. The summed E-state index contributed by atoms with van der Waals surface area (Å²) in [7, 11) is 1.67. The number of alkyl halides is 3. The number of hydrogen-bond donors (Lipinski definition) is 2. The molecule has 1 amide bonds. The maximum Gasteiger partial charge on any atom is 0.433 e. The van der Waals surface area contributed by atoms with Gasteiger partial charge in [-0.15, -0.1) is 5.10 Å². The molecule has 2 N–H and O–H groups in total. The Labute approximate surface area is 167 Å². The summed E-state index contributed by atoms with van der Waals surface area (Å²) < 4.78 is 41.8. The van der Waals surface area contributed by atoms with Gasteiger partial charge in [0.25, 0.3) is 5.91 Å². The van der Waals surface area contributed by atoms with Crippen molar-refractivity contribution in [2.24, 2.45) is 7.05 Å². The first-order valence-corrected chi connectivity index (χ1v) is 9.00. The molecule has 11 heteroatoms. The van der Waals surface area contributed by atoms with Crippen LogP contribution in [0.2, 0.25) is 0 Å². The topological polar surface area (TPSA) is 97.9 Å². The monoisotopic (exact) mass is 418 g/mol. The quantitative estimate of drug-likeness (QED) is 0.531. The van der Waals surface area contributed by atoms with E-state index in [1.807, 2.05) is 0 Å². The number of fused-ring (bicyclic) bond motifs is 3. The summed E-state index contributed by atoms with van der Waals surface area (Å²) >= 11 is 0. The lowest BCUT2D eigenvalue weighted by Crippen LogP contribution is -2.30. The zero-order chi connectivity index (χ0) is 21.6. The maximum absolute atomic E-state index is 12.9. The molecule has 0 aliphatic carbocycles. The number of benzene rings is 1. The lowest BCUT2D eigenvalue weighted by molar-refractivity contribution is -0.141. The van der Waals surface area contributed by atoms with Crippen LogP contribution in [-0.2, 0) is 13.2 Å². The summed E-state index contributed by atoms with van der Waals surface area (Å²) in [5.74, 6) is -0.362. The number of amides is 1. The van der Waals surface area contributed by atoms with Crippen LogP contribution in [0.3, 0.4) is 0 Å². The molecule has 0 bridgehead atoms.